The lowest BCUT2D eigenvalue weighted by Crippen LogP contribution is -2.40. The van der Waals surface area contributed by atoms with Crippen LogP contribution in [-0.4, -0.2) is 46.7 Å². The second kappa shape index (κ2) is 6.36. The van der Waals surface area contributed by atoms with E-state index in [9.17, 15) is 9.59 Å². The molecule has 1 amide bonds. The molecule has 0 saturated carbocycles. The first-order chi connectivity index (χ1) is 11.7. The summed E-state index contributed by atoms with van der Waals surface area (Å²) in [5, 5.41) is 0.596. The van der Waals surface area contributed by atoms with Gasteiger partial charge in [0.2, 0.25) is 0 Å². The van der Waals surface area contributed by atoms with Gasteiger partial charge in [-0.15, -0.1) is 0 Å². The van der Waals surface area contributed by atoms with E-state index in [1.54, 1.807) is 27.7 Å². The van der Waals surface area contributed by atoms with Gasteiger partial charge in [0.05, 0.1) is 24.1 Å². The molecular formula is C18H21N3O3. The maximum Gasteiger partial charge on any atom is 0.261 e. The van der Waals surface area contributed by atoms with Crippen LogP contribution in [-0.2, 0) is 17.7 Å². The lowest BCUT2D eigenvalue weighted by molar-refractivity contribution is 0.0303. The summed E-state index contributed by atoms with van der Waals surface area (Å²) in [6.45, 7) is 3.11. The molecule has 3 heterocycles. The number of nitrogens with zero attached hydrogens (tertiary/aromatic N) is 3. The van der Waals surface area contributed by atoms with Crippen molar-refractivity contribution in [3.05, 3.63) is 39.9 Å². The molecule has 1 fully saturated rings. The summed E-state index contributed by atoms with van der Waals surface area (Å²) >= 11 is 0. The van der Waals surface area contributed by atoms with Crippen molar-refractivity contribution in [1.82, 2.24) is 14.5 Å². The fourth-order valence-electron chi connectivity index (χ4n) is 3.50. The van der Waals surface area contributed by atoms with Crippen molar-refractivity contribution in [3.8, 4) is 0 Å². The minimum Gasteiger partial charge on any atom is -0.378 e. The summed E-state index contributed by atoms with van der Waals surface area (Å²) < 4.78 is 7.10. The van der Waals surface area contributed by atoms with Crippen molar-refractivity contribution in [2.45, 2.75) is 32.2 Å². The Balaban J connectivity index is 1.75. The highest BCUT2D eigenvalue weighted by Crippen LogP contribution is 2.17. The molecule has 6 nitrogen and oxygen atoms in total. The van der Waals surface area contributed by atoms with Gasteiger partial charge in [0.1, 0.15) is 5.82 Å². The van der Waals surface area contributed by atoms with Crippen LogP contribution in [0.25, 0.3) is 10.9 Å². The zero-order chi connectivity index (χ0) is 16.5. The Morgan fingerprint density at radius 1 is 1.08 bits per heavy atom. The zero-order valence-electron chi connectivity index (χ0n) is 13.7. The normalized spacial score (nSPS) is 18.2. The van der Waals surface area contributed by atoms with Crippen LogP contribution in [0, 0.1) is 0 Å². The number of morpholine rings is 1. The summed E-state index contributed by atoms with van der Waals surface area (Å²) in [5.74, 6) is 0.831. The standard InChI is InChI=1S/C18H21N3O3/c22-17(20-8-10-24-11-9-20)13-5-6-14-15(12-13)19-16-4-2-1-3-7-21(16)18(14)23/h5-6,12H,1-4,7-11H2. The molecular weight excluding hydrogens is 306 g/mol. The second-order valence-electron chi connectivity index (χ2n) is 6.43. The topological polar surface area (TPSA) is 64.4 Å². The molecule has 0 bridgehead atoms. The van der Waals surface area contributed by atoms with Crippen molar-refractivity contribution >= 4 is 16.8 Å². The van der Waals surface area contributed by atoms with Crippen molar-refractivity contribution in [2.24, 2.45) is 0 Å². The maximum absolute atomic E-state index is 12.7. The van der Waals surface area contributed by atoms with Gasteiger partial charge in [-0.25, -0.2) is 4.98 Å². The molecule has 4 rings (SSSR count). The molecule has 0 N–H and O–H groups in total. The van der Waals surface area contributed by atoms with E-state index in [1.165, 1.54) is 0 Å². The number of carbonyl (C=O) groups is 1. The molecule has 2 aromatic rings. The van der Waals surface area contributed by atoms with Crippen molar-refractivity contribution < 1.29 is 9.53 Å². The molecule has 24 heavy (non-hydrogen) atoms. The van der Waals surface area contributed by atoms with Gasteiger partial charge in [-0.1, -0.05) is 6.42 Å². The fraction of sp³-hybridized carbons (Fsp3) is 0.500. The quantitative estimate of drug-likeness (QED) is 0.798. The number of amides is 1. The third kappa shape index (κ3) is 2.71. The summed E-state index contributed by atoms with van der Waals surface area (Å²) in [6.07, 6.45) is 4.03. The Kier molecular flexibility index (Phi) is 4.06. The molecule has 6 heteroatoms. The number of aryl methyl sites for hydroxylation is 1. The number of hydrogen-bond donors (Lipinski definition) is 0. The summed E-state index contributed by atoms with van der Waals surface area (Å²) in [5.41, 5.74) is 1.24. The molecule has 0 atom stereocenters. The van der Waals surface area contributed by atoms with Crippen LogP contribution < -0.4 is 5.56 Å². The van der Waals surface area contributed by atoms with Gasteiger partial charge in [0.15, 0.2) is 0 Å². The second-order valence-corrected chi connectivity index (χ2v) is 6.43. The molecule has 2 aliphatic rings. The van der Waals surface area contributed by atoms with Crippen LogP contribution in [0.15, 0.2) is 23.0 Å². The minimum atomic E-state index is -0.0166. The number of hydrogen-bond acceptors (Lipinski definition) is 4. The molecule has 1 aromatic heterocycles. The Morgan fingerprint density at radius 2 is 1.92 bits per heavy atom. The zero-order valence-corrected chi connectivity index (χ0v) is 13.7. The van der Waals surface area contributed by atoms with Gasteiger partial charge in [-0.3, -0.25) is 14.2 Å². The minimum absolute atomic E-state index is 0.0160. The Morgan fingerprint density at radius 3 is 2.75 bits per heavy atom. The summed E-state index contributed by atoms with van der Waals surface area (Å²) in [4.78, 5) is 31.8. The first kappa shape index (κ1) is 15.3. The summed E-state index contributed by atoms with van der Waals surface area (Å²) in [7, 11) is 0. The van der Waals surface area contributed by atoms with Crippen LogP contribution in [0.1, 0.15) is 35.4 Å². The highest BCUT2D eigenvalue weighted by Gasteiger charge is 2.20. The molecule has 1 aromatic carbocycles. The van der Waals surface area contributed by atoms with E-state index < -0.39 is 0 Å². The van der Waals surface area contributed by atoms with Crippen LogP contribution in [0.4, 0.5) is 0 Å². The molecule has 0 aliphatic carbocycles. The first-order valence-corrected chi connectivity index (χ1v) is 8.64. The predicted molar refractivity (Wildman–Crippen MR) is 90.3 cm³/mol. The van der Waals surface area contributed by atoms with E-state index in [4.69, 9.17) is 9.72 Å². The van der Waals surface area contributed by atoms with E-state index in [0.717, 1.165) is 38.1 Å². The monoisotopic (exact) mass is 327 g/mol. The van der Waals surface area contributed by atoms with E-state index in [0.29, 0.717) is 42.8 Å². The van der Waals surface area contributed by atoms with Gasteiger partial charge < -0.3 is 9.64 Å². The number of rotatable bonds is 1. The molecule has 126 valence electrons. The number of ether oxygens (including phenoxy) is 1. The first-order valence-electron chi connectivity index (χ1n) is 8.64. The van der Waals surface area contributed by atoms with E-state index >= 15 is 0 Å². The van der Waals surface area contributed by atoms with Gasteiger partial charge in [0, 0.05) is 31.6 Å². The highest BCUT2D eigenvalue weighted by atomic mass is 16.5. The number of fused-ring (bicyclic) bond motifs is 2. The average molecular weight is 327 g/mol. The smallest absolute Gasteiger partial charge is 0.261 e. The molecule has 0 radical (unpaired) electrons. The van der Waals surface area contributed by atoms with Crippen LogP contribution in [0.3, 0.4) is 0 Å². The SMILES string of the molecule is O=C(c1ccc2c(=O)n3c(nc2c1)CCCCC3)N1CCOCC1. The van der Waals surface area contributed by atoms with Crippen molar-refractivity contribution in [2.75, 3.05) is 26.3 Å². The third-order valence-corrected chi connectivity index (χ3v) is 4.86. The van der Waals surface area contributed by atoms with Gasteiger partial charge in [0.25, 0.3) is 11.5 Å². The third-order valence-electron chi connectivity index (χ3n) is 4.86. The molecule has 2 aliphatic heterocycles. The molecule has 0 unspecified atom stereocenters. The van der Waals surface area contributed by atoms with Crippen LogP contribution in [0.5, 0.6) is 0 Å². The highest BCUT2D eigenvalue weighted by molar-refractivity contribution is 5.97. The largest absolute Gasteiger partial charge is 0.378 e. The molecule has 0 spiro atoms. The number of aromatic nitrogens is 2. The average Bonchev–Trinajstić information content (AvgIpc) is 2.87. The van der Waals surface area contributed by atoms with Crippen LogP contribution >= 0.6 is 0 Å². The number of benzene rings is 1. The Hall–Kier alpha value is -2.21. The molecule has 1 saturated heterocycles. The lowest BCUT2D eigenvalue weighted by Gasteiger charge is -2.26. The van der Waals surface area contributed by atoms with E-state index in [2.05, 4.69) is 0 Å². The van der Waals surface area contributed by atoms with Crippen molar-refractivity contribution in [3.63, 3.8) is 0 Å². The van der Waals surface area contributed by atoms with Gasteiger partial charge >= 0.3 is 0 Å². The lowest BCUT2D eigenvalue weighted by atomic mass is 10.1. The van der Waals surface area contributed by atoms with E-state index in [1.807, 2.05) is 0 Å². The maximum atomic E-state index is 12.7. The fourth-order valence-corrected chi connectivity index (χ4v) is 3.50. The van der Waals surface area contributed by atoms with Gasteiger partial charge in [-0.2, -0.15) is 0 Å². The summed E-state index contributed by atoms with van der Waals surface area (Å²) in [6, 6.07) is 5.25. The van der Waals surface area contributed by atoms with E-state index in [-0.39, 0.29) is 11.5 Å². The Bertz CT molecular complexity index is 837. The predicted octanol–water partition coefficient (Wildman–Crippen LogP) is 1.60. The van der Waals surface area contributed by atoms with Gasteiger partial charge in [-0.05, 0) is 31.0 Å². The Labute approximate surface area is 140 Å². The van der Waals surface area contributed by atoms with Crippen LogP contribution in [0.2, 0.25) is 0 Å². The van der Waals surface area contributed by atoms with Crippen molar-refractivity contribution in [1.29, 1.82) is 0 Å². The number of carbonyl (C=O) groups excluding carboxylic acids is 1.